The Hall–Kier alpha value is -1.31. The molecular weight excluding hydrogens is 344 g/mol. The molecule has 0 bridgehead atoms. The number of unbranched alkanes of at least 4 members (excludes halogenated alkanes) is 10. The molecule has 0 atom stereocenters. The number of carbonyl (C=O) groups excluding carboxylic acids is 1. The molecule has 0 saturated carbocycles. The molecule has 0 heterocycles. The highest BCUT2D eigenvalue weighted by atomic mass is 16.5. The quantitative estimate of drug-likeness (QED) is 0.118. The van der Waals surface area contributed by atoms with Gasteiger partial charge in [0.2, 0.25) is 0 Å². The molecule has 0 fully saturated rings. The van der Waals surface area contributed by atoms with E-state index in [2.05, 4.69) is 50.3 Å². The summed E-state index contributed by atoms with van der Waals surface area (Å²) in [7, 11) is 0. The van der Waals surface area contributed by atoms with E-state index in [1.165, 1.54) is 57.8 Å². The molecule has 0 aromatic heterocycles. The Bertz CT molecular complexity index is 407. The second kappa shape index (κ2) is 23.7. The van der Waals surface area contributed by atoms with Crippen LogP contribution in [0.4, 0.5) is 0 Å². The number of rotatable bonds is 20. The summed E-state index contributed by atoms with van der Waals surface area (Å²) >= 11 is 0. The largest absolute Gasteiger partial charge is 0.466 e. The lowest BCUT2D eigenvalue weighted by atomic mass is 10.1. The van der Waals surface area contributed by atoms with Crippen molar-refractivity contribution in [3.05, 3.63) is 36.5 Å². The van der Waals surface area contributed by atoms with Gasteiger partial charge in [-0.25, -0.2) is 0 Å². The highest BCUT2D eigenvalue weighted by molar-refractivity contribution is 5.69. The van der Waals surface area contributed by atoms with Crippen molar-refractivity contribution in [2.75, 3.05) is 6.61 Å². The molecule has 0 saturated heterocycles. The zero-order valence-electron chi connectivity index (χ0n) is 18.8. The Morgan fingerprint density at radius 3 is 1.75 bits per heavy atom. The van der Waals surface area contributed by atoms with Crippen molar-refractivity contribution in [1.82, 2.24) is 0 Å². The SMILES string of the molecule is CCCCC/C=C\C/C=C\C/C=C\CCCCC(=O)OCCCCCCCC. The maximum atomic E-state index is 11.7. The van der Waals surface area contributed by atoms with Gasteiger partial charge in [0.1, 0.15) is 0 Å². The zero-order chi connectivity index (χ0) is 20.5. The van der Waals surface area contributed by atoms with Crippen LogP contribution in [0.5, 0.6) is 0 Å². The van der Waals surface area contributed by atoms with E-state index in [1.807, 2.05) is 0 Å². The number of ether oxygens (including phenoxy) is 1. The van der Waals surface area contributed by atoms with Crippen LogP contribution in [-0.4, -0.2) is 12.6 Å². The highest BCUT2D eigenvalue weighted by Gasteiger charge is 2.01. The van der Waals surface area contributed by atoms with Gasteiger partial charge in [-0.1, -0.05) is 95.2 Å². The molecule has 0 aliphatic heterocycles. The standard InChI is InChI=1S/C26H46O2/c1-3-5-7-9-11-12-13-14-15-16-17-18-19-20-22-24-26(27)28-25-23-21-10-8-6-4-2/h11-12,14-15,17-18H,3-10,13,16,19-25H2,1-2H3/b12-11-,15-14-,18-17-. The van der Waals surface area contributed by atoms with Gasteiger partial charge in [0.25, 0.3) is 0 Å². The normalized spacial score (nSPS) is 11.9. The molecule has 0 aliphatic rings. The summed E-state index contributed by atoms with van der Waals surface area (Å²) in [6.07, 6.45) is 31.7. The molecule has 0 unspecified atom stereocenters. The topological polar surface area (TPSA) is 26.3 Å². The van der Waals surface area contributed by atoms with Crippen molar-refractivity contribution in [3.63, 3.8) is 0 Å². The van der Waals surface area contributed by atoms with E-state index < -0.39 is 0 Å². The first kappa shape index (κ1) is 26.7. The summed E-state index contributed by atoms with van der Waals surface area (Å²) in [5.41, 5.74) is 0. The number of carbonyl (C=O) groups is 1. The Morgan fingerprint density at radius 2 is 1.11 bits per heavy atom. The molecule has 28 heavy (non-hydrogen) atoms. The minimum absolute atomic E-state index is 0.0248. The summed E-state index contributed by atoms with van der Waals surface area (Å²) in [6.45, 7) is 5.07. The van der Waals surface area contributed by atoms with Crippen LogP contribution in [0.1, 0.15) is 117 Å². The van der Waals surface area contributed by atoms with Crippen LogP contribution < -0.4 is 0 Å². The first-order valence-corrected chi connectivity index (χ1v) is 11.9. The first-order valence-electron chi connectivity index (χ1n) is 11.9. The van der Waals surface area contributed by atoms with E-state index in [4.69, 9.17) is 4.74 Å². The molecule has 0 rings (SSSR count). The predicted molar refractivity (Wildman–Crippen MR) is 124 cm³/mol. The van der Waals surface area contributed by atoms with Crippen molar-refractivity contribution < 1.29 is 9.53 Å². The van der Waals surface area contributed by atoms with Gasteiger partial charge in [0.15, 0.2) is 0 Å². The maximum absolute atomic E-state index is 11.7. The van der Waals surface area contributed by atoms with E-state index in [0.29, 0.717) is 13.0 Å². The number of hydrogen-bond acceptors (Lipinski definition) is 2. The van der Waals surface area contributed by atoms with Gasteiger partial charge in [-0.2, -0.15) is 0 Å². The van der Waals surface area contributed by atoms with Crippen LogP contribution in [0.15, 0.2) is 36.5 Å². The lowest BCUT2D eigenvalue weighted by molar-refractivity contribution is -0.143. The number of esters is 1. The van der Waals surface area contributed by atoms with Gasteiger partial charge in [-0.3, -0.25) is 4.79 Å². The zero-order valence-corrected chi connectivity index (χ0v) is 18.8. The van der Waals surface area contributed by atoms with Crippen LogP contribution >= 0.6 is 0 Å². The van der Waals surface area contributed by atoms with E-state index >= 15 is 0 Å². The predicted octanol–water partition coefficient (Wildman–Crippen LogP) is 8.48. The van der Waals surface area contributed by atoms with Crippen molar-refractivity contribution in [2.45, 2.75) is 117 Å². The number of hydrogen-bond donors (Lipinski definition) is 0. The Morgan fingerprint density at radius 1 is 0.607 bits per heavy atom. The summed E-state index contributed by atoms with van der Waals surface area (Å²) < 4.78 is 5.30. The fourth-order valence-electron chi connectivity index (χ4n) is 2.96. The maximum Gasteiger partial charge on any atom is 0.305 e. The lowest BCUT2D eigenvalue weighted by Crippen LogP contribution is -2.05. The molecule has 0 spiro atoms. The monoisotopic (exact) mass is 390 g/mol. The minimum Gasteiger partial charge on any atom is -0.466 e. The summed E-state index contributed by atoms with van der Waals surface area (Å²) in [5, 5.41) is 0. The Kier molecular flexibility index (Phi) is 22.6. The number of allylic oxidation sites excluding steroid dienone is 6. The molecule has 2 heteroatoms. The van der Waals surface area contributed by atoms with Crippen LogP contribution in [0.2, 0.25) is 0 Å². The second-order valence-electron chi connectivity index (χ2n) is 7.62. The van der Waals surface area contributed by atoms with Crippen molar-refractivity contribution in [1.29, 1.82) is 0 Å². The summed E-state index contributed by atoms with van der Waals surface area (Å²) in [4.78, 5) is 11.7. The molecule has 0 N–H and O–H groups in total. The summed E-state index contributed by atoms with van der Waals surface area (Å²) in [6, 6.07) is 0. The third kappa shape index (κ3) is 22.7. The first-order chi connectivity index (χ1) is 13.8. The molecule has 162 valence electrons. The molecule has 2 nitrogen and oxygen atoms in total. The van der Waals surface area contributed by atoms with Gasteiger partial charge in [0.05, 0.1) is 6.61 Å². The Balaban J connectivity index is 3.36. The minimum atomic E-state index is -0.0248. The van der Waals surface area contributed by atoms with E-state index in [-0.39, 0.29) is 5.97 Å². The van der Waals surface area contributed by atoms with Crippen LogP contribution in [0.3, 0.4) is 0 Å². The molecular formula is C26H46O2. The average molecular weight is 391 g/mol. The highest BCUT2D eigenvalue weighted by Crippen LogP contribution is 2.07. The Labute approximate surface area is 175 Å². The lowest BCUT2D eigenvalue weighted by Gasteiger charge is -2.04. The molecule has 0 aromatic carbocycles. The van der Waals surface area contributed by atoms with Gasteiger partial charge in [-0.05, 0) is 51.4 Å². The van der Waals surface area contributed by atoms with Gasteiger partial charge < -0.3 is 4.74 Å². The van der Waals surface area contributed by atoms with E-state index in [0.717, 1.165) is 38.5 Å². The van der Waals surface area contributed by atoms with E-state index in [1.54, 1.807) is 0 Å². The average Bonchev–Trinajstić information content (AvgIpc) is 2.70. The molecule has 0 aromatic rings. The van der Waals surface area contributed by atoms with Crippen molar-refractivity contribution >= 4 is 5.97 Å². The van der Waals surface area contributed by atoms with Gasteiger partial charge in [-0.15, -0.1) is 0 Å². The van der Waals surface area contributed by atoms with Crippen LogP contribution in [0, 0.1) is 0 Å². The van der Waals surface area contributed by atoms with E-state index in [9.17, 15) is 4.79 Å². The molecule has 0 radical (unpaired) electrons. The van der Waals surface area contributed by atoms with Crippen LogP contribution in [0.25, 0.3) is 0 Å². The van der Waals surface area contributed by atoms with Gasteiger partial charge in [0, 0.05) is 6.42 Å². The fourth-order valence-corrected chi connectivity index (χ4v) is 2.96. The van der Waals surface area contributed by atoms with Gasteiger partial charge >= 0.3 is 5.97 Å². The fraction of sp³-hybridized carbons (Fsp3) is 0.731. The van der Waals surface area contributed by atoms with Crippen LogP contribution in [-0.2, 0) is 9.53 Å². The second-order valence-corrected chi connectivity index (χ2v) is 7.62. The third-order valence-electron chi connectivity index (χ3n) is 4.78. The molecule has 0 aliphatic carbocycles. The van der Waals surface area contributed by atoms with Crippen molar-refractivity contribution in [3.8, 4) is 0 Å². The molecule has 0 amide bonds. The summed E-state index contributed by atoms with van der Waals surface area (Å²) in [5.74, 6) is -0.0248. The van der Waals surface area contributed by atoms with Crippen molar-refractivity contribution in [2.24, 2.45) is 0 Å². The smallest absolute Gasteiger partial charge is 0.305 e. The third-order valence-corrected chi connectivity index (χ3v) is 4.78.